The molecule has 0 atom stereocenters. The van der Waals surface area contributed by atoms with Gasteiger partial charge in [0.25, 0.3) is 0 Å². The van der Waals surface area contributed by atoms with Crippen LogP contribution in [0.1, 0.15) is 0 Å². The first kappa shape index (κ1) is 9.58. The molecule has 58 valence electrons. The number of nitrogens with one attached hydrogen (secondary N) is 1. The van der Waals surface area contributed by atoms with Crippen molar-refractivity contribution in [1.29, 1.82) is 0 Å². The van der Waals surface area contributed by atoms with Crippen LogP contribution in [0.15, 0.2) is 5.16 Å². The monoisotopic (exact) mass is 182 g/mol. The number of amides is 1. The van der Waals surface area contributed by atoms with Crippen molar-refractivity contribution in [3.8, 4) is 0 Å². The molecule has 0 aromatic rings. The summed E-state index contributed by atoms with van der Waals surface area (Å²) in [5.41, 5.74) is 0. The van der Waals surface area contributed by atoms with Crippen LogP contribution < -0.4 is 5.32 Å². The van der Waals surface area contributed by atoms with Crippen molar-refractivity contribution in [1.82, 2.24) is 5.32 Å². The fourth-order valence-electron chi connectivity index (χ4n) is 0.160. The molecule has 0 fully saturated rings. The molecular formula is C4H7ClN2O2S. The zero-order valence-corrected chi connectivity index (χ0v) is 7.12. The molecule has 0 aromatic heterocycles. The highest BCUT2D eigenvalue weighted by molar-refractivity contribution is 8.16. The number of halogens is 1. The van der Waals surface area contributed by atoms with Gasteiger partial charge in [-0.2, -0.15) is 0 Å². The molecule has 0 spiro atoms. The second-order valence-electron chi connectivity index (χ2n) is 1.18. The van der Waals surface area contributed by atoms with E-state index in [9.17, 15) is 4.79 Å². The molecule has 0 aliphatic rings. The summed E-state index contributed by atoms with van der Waals surface area (Å²) in [6, 6.07) is 0. The zero-order valence-electron chi connectivity index (χ0n) is 5.55. The van der Waals surface area contributed by atoms with Gasteiger partial charge in [-0.15, -0.1) is 0 Å². The van der Waals surface area contributed by atoms with Gasteiger partial charge in [0.15, 0.2) is 0 Å². The molecular weight excluding hydrogens is 176 g/mol. The van der Waals surface area contributed by atoms with E-state index >= 15 is 0 Å². The maximum atomic E-state index is 10.3. The second kappa shape index (κ2) is 5.37. The summed E-state index contributed by atoms with van der Waals surface area (Å²) < 4.78 is 0.184. The van der Waals surface area contributed by atoms with E-state index in [1.54, 1.807) is 6.26 Å². The first-order chi connectivity index (χ1) is 4.70. The van der Waals surface area contributed by atoms with Gasteiger partial charge in [-0.25, -0.2) is 4.79 Å². The zero-order chi connectivity index (χ0) is 7.98. The summed E-state index contributed by atoms with van der Waals surface area (Å²) >= 11 is 6.56. The van der Waals surface area contributed by atoms with Crippen molar-refractivity contribution in [2.24, 2.45) is 5.16 Å². The number of carbonyl (C=O) groups excluding carboxylic acids is 1. The van der Waals surface area contributed by atoms with Gasteiger partial charge in [0.05, 0.1) is 0 Å². The number of thioether (sulfide) groups is 1. The average Bonchev–Trinajstić information content (AvgIpc) is 1.99. The predicted octanol–water partition coefficient (Wildman–Crippen LogP) is 1.22. The van der Waals surface area contributed by atoms with Crippen LogP contribution in [0.5, 0.6) is 0 Å². The molecule has 0 saturated heterocycles. The molecule has 4 nitrogen and oxygen atoms in total. The highest BCUT2D eigenvalue weighted by Crippen LogP contribution is 2.02. The fourth-order valence-corrected chi connectivity index (χ4v) is 0.307. The van der Waals surface area contributed by atoms with Crippen molar-refractivity contribution in [3.63, 3.8) is 0 Å². The van der Waals surface area contributed by atoms with Crippen molar-refractivity contribution in [3.05, 3.63) is 0 Å². The summed E-state index contributed by atoms with van der Waals surface area (Å²) in [7, 11) is 1.44. The normalized spacial score (nSPS) is 10.9. The molecule has 6 heteroatoms. The van der Waals surface area contributed by atoms with Crippen molar-refractivity contribution < 1.29 is 9.63 Å². The van der Waals surface area contributed by atoms with Crippen molar-refractivity contribution in [2.75, 3.05) is 13.3 Å². The maximum Gasteiger partial charge on any atom is 0.433 e. The Balaban J connectivity index is 3.61. The molecule has 0 saturated carbocycles. The molecule has 0 radical (unpaired) electrons. The molecule has 0 aliphatic heterocycles. The molecule has 0 rings (SSSR count). The quantitative estimate of drug-likeness (QED) is 0.287. The molecule has 1 N–H and O–H groups in total. The van der Waals surface area contributed by atoms with Crippen LogP contribution in [-0.2, 0) is 4.84 Å². The highest BCUT2D eigenvalue weighted by Gasteiger charge is 1.96. The van der Waals surface area contributed by atoms with Crippen LogP contribution in [0, 0.1) is 0 Å². The first-order valence-electron chi connectivity index (χ1n) is 2.37. The van der Waals surface area contributed by atoms with Crippen LogP contribution >= 0.6 is 23.4 Å². The van der Waals surface area contributed by atoms with E-state index in [1.807, 2.05) is 0 Å². The Morgan fingerprint density at radius 3 is 2.80 bits per heavy atom. The number of carbonyl (C=O) groups is 1. The van der Waals surface area contributed by atoms with E-state index in [1.165, 1.54) is 18.8 Å². The smallest absolute Gasteiger partial charge is 0.323 e. The van der Waals surface area contributed by atoms with Crippen molar-refractivity contribution in [2.45, 2.75) is 0 Å². The lowest BCUT2D eigenvalue weighted by Crippen LogP contribution is -2.16. The fraction of sp³-hybridized carbons (Fsp3) is 0.500. The summed E-state index contributed by atoms with van der Waals surface area (Å²) in [5.74, 6) is 0. The minimum Gasteiger partial charge on any atom is -0.323 e. The number of rotatable bonds is 1. The highest BCUT2D eigenvalue weighted by atomic mass is 35.5. The lowest BCUT2D eigenvalue weighted by Gasteiger charge is -1.93. The van der Waals surface area contributed by atoms with E-state index in [-0.39, 0.29) is 4.50 Å². The summed E-state index contributed by atoms with van der Waals surface area (Å²) in [6.45, 7) is 0. The van der Waals surface area contributed by atoms with Gasteiger partial charge in [-0.3, -0.25) is 4.84 Å². The van der Waals surface area contributed by atoms with Crippen LogP contribution in [0.4, 0.5) is 4.79 Å². The Morgan fingerprint density at radius 2 is 2.40 bits per heavy atom. The van der Waals surface area contributed by atoms with E-state index in [4.69, 9.17) is 11.6 Å². The van der Waals surface area contributed by atoms with Crippen molar-refractivity contribution >= 4 is 34.0 Å². The standard InChI is InChI=1S/C4H7ClN2O2S/c1-6-4(8)9-7-3(5)10-2/h1-2H3,(H,6,8)/b7-3+. The third kappa shape index (κ3) is 4.46. The molecule has 0 heterocycles. The number of hydrogen-bond acceptors (Lipinski definition) is 4. The number of nitrogens with zero attached hydrogens (tertiary/aromatic N) is 1. The van der Waals surface area contributed by atoms with Gasteiger partial charge in [0, 0.05) is 7.05 Å². The number of hydrogen-bond donors (Lipinski definition) is 1. The van der Waals surface area contributed by atoms with Crippen LogP contribution in [0.2, 0.25) is 0 Å². The molecule has 0 aromatic carbocycles. The summed E-state index contributed by atoms with van der Waals surface area (Å²) in [4.78, 5) is 14.6. The Kier molecular flexibility index (Phi) is 5.15. The van der Waals surface area contributed by atoms with Crippen LogP contribution in [0.25, 0.3) is 0 Å². The third-order valence-electron chi connectivity index (χ3n) is 0.573. The van der Waals surface area contributed by atoms with E-state index in [2.05, 4.69) is 15.3 Å². The second-order valence-corrected chi connectivity index (χ2v) is 2.55. The molecule has 0 bridgehead atoms. The minimum atomic E-state index is -0.632. The Morgan fingerprint density at radius 1 is 1.80 bits per heavy atom. The van der Waals surface area contributed by atoms with Gasteiger partial charge in [0.2, 0.25) is 4.50 Å². The maximum absolute atomic E-state index is 10.3. The molecule has 10 heavy (non-hydrogen) atoms. The Labute approximate surface area is 67.9 Å². The van der Waals surface area contributed by atoms with E-state index < -0.39 is 6.09 Å². The SMILES string of the molecule is CNC(=O)O/N=C(\Cl)SC. The molecule has 1 amide bonds. The average molecular weight is 183 g/mol. The predicted molar refractivity (Wildman–Crippen MR) is 42.3 cm³/mol. The third-order valence-corrected chi connectivity index (χ3v) is 1.52. The van der Waals surface area contributed by atoms with Gasteiger partial charge in [0.1, 0.15) is 0 Å². The van der Waals surface area contributed by atoms with Gasteiger partial charge < -0.3 is 5.32 Å². The lowest BCUT2D eigenvalue weighted by atomic mass is 11.1. The van der Waals surface area contributed by atoms with Gasteiger partial charge >= 0.3 is 6.09 Å². The van der Waals surface area contributed by atoms with Gasteiger partial charge in [-0.1, -0.05) is 28.5 Å². The molecule has 0 unspecified atom stereocenters. The van der Waals surface area contributed by atoms with Gasteiger partial charge in [-0.05, 0) is 6.26 Å². The first-order valence-corrected chi connectivity index (χ1v) is 3.97. The minimum absolute atomic E-state index is 0.184. The topological polar surface area (TPSA) is 50.7 Å². The summed E-state index contributed by atoms with van der Waals surface area (Å²) in [6.07, 6.45) is 1.09. The van der Waals surface area contributed by atoms with E-state index in [0.717, 1.165) is 0 Å². The number of oxime groups is 1. The summed E-state index contributed by atoms with van der Waals surface area (Å²) in [5, 5.41) is 5.45. The van der Waals surface area contributed by atoms with Crippen LogP contribution in [0.3, 0.4) is 0 Å². The lowest BCUT2D eigenvalue weighted by molar-refractivity contribution is 0.154. The Bertz CT molecular complexity index is 150. The molecule has 0 aliphatic carbocycles. The Hall–Kier alpha value is -0.420. The van der Waals surface area contributed by atoms with E-state index in [0.29, 0.717) is 0 Å². The largest absolute Gasteiger partial charge is 0.433 e. The van der Waals surface area contributed by atoms with Crippen LogP contribution in [-0.4, -0.2) is 23.9 Å².